The van der Waals surface area contributed by atoms with Crippen LogP contribution < -0.4 is 32.3 Å². The van der Waals surface area contributed by atoms with Crippen LogP contribution in [-0.2, 0) is 10.2 Å². The Labute approximate surface area is 212 Å². The van der Waals surface area contributed by atoms with Crippen LogP contribution in [0.1, 0.15) is 32.8 Å². The summed E-state index contributed by atoms with van der Waals surface area (Å²) in [6.07, 6.45) is -0.757. The number of benzene rings is 1. The average Bonchev–Trinajstić information content (AvgIpc) is 3.38. The van der Waals surface area contributed by atoms with Crippen LogP contribution in [0.2, 0.25) is 0 Å². The number of fused-ring (bicyclic) bond motifs is 1. The predicted molar refractivity (Wildman–Crippen MR) is 138 cm³/mol. The van der Waals surface area contributed by atoms with E-state index in [9.17, 15) is 15.0 Å². The topological polar surface area (TPSA) is 156 Å². The lowest BCUT2D eigenvalue weighted by molar-refractivity contribution is -0.0978. The number of aliphatic hydroxyl groups is 2. The molecule has 6 atom stereocenters. The summed E-state index contributed by atoms with van der Waals surface area (Å²) in [5, 5.41) is 36.6. The van der Waals surface area contributed by atoms with Crippen LogP contribution in [0.3, 0.4) is 0 Å². The van der Waals surface area contributed by atoms with Crippen LogP contribution in [0, 0.1) is 0 Å². The number of carbonyl (C=O) groups excluding carboxylic acids is 1. The number of nitrogens with two attached hydrogens (primary N) is 1. The number of nitrogens with zero attached hydrogens (tertiary/aromatic N) is 1. The standard InChI is InChI=1S/C25H41N7O4/c1-25(2,3)15-5-7-16(8-6-15)31-24(35)28-11-4-10-27-13-18-19(33)20(34)23(36-18)32-12-9-17-21(26)29-14-30-22(17)32/h5-9,18-23,27,29-30,33-34H,4,10-14,26H2,1-3H3,(H2,28,31,35)/t18-,19-,20-,21?,22?,23-/m1/s1. The SMILES string of the molecule is CC(C)(C)c1ccc(NC(=O)NCCCNC[C@H]2O[C@@H](N3CC=C4C(N)NCNC43)[C@H](O)[C@@H]2O)cc1. The quantitative estimate of drug-likeness (QED) is 0.174. The van der Waals surface area contributed by atoms with Crippen molar-refractivity contribution in [3.8, 4) is 0 Å². The Bertz CT molecular complexity index is 920. The van der Waals surface area contributed by atoms with Gasteiger partial charge in [0.05, 0.1) is 12.3 Å². The first kappa shape index (κ1) is 27.0. The van der Waals surface area contributed by atoms with Gasteiger partial charge in [0.1, 0.15) is 24.5 Å². The molecule has 36 heavy (non-hydrogen) atoms. The molecule has 200 valence electrons. The van der Waals surface area contributed by atoms with Crippen molar-refractivity contribution in [2.24, 2.45) is 5.73 Å². The van der Waals surface area contributed by atoms with Crippen molar-refractivity contribution < 1.29 is 19.7 Å². The third-order valence-corrected chi connectivity index (χ3v) is 7.00. The summed E-state index contributed by atoms with van der Waals surface area (Å²) in [4.78, 5) is 14.1. The predicted octanol–water partition coefficient (Wildman–Crippen LogP) is -0.465. The summed E-state index contributed by atoms with van der Waals surface area (Å²) in [6.45, 7) is 9.14. The zero-order valence-corrected chi connectivity index (χ0v) is 21.3. The first-order chi connectivity index (χ1) is 17.1. The Balaban J connectivity index is 1.13. The minimum atomic E-state index is -1.01. The number of hydrogen-bond acceptors (Lipinski definition) is 9. The van der Waals surface area contributed by atoms with Gasteiger partial charge in [-0.3, -0.25) is 15.5 Å². The van der Waals surface area contributed by atoms with E-state index in [1.54, 1.807) is 0 Å². The molecule has 0 aliphatic carbocycles. The van der Waals surface area contributed by atoms with Crippen molar-refractivity contribution in [1.82, 2.24) is 26.2 Å². The number of hydrogen-bond donors (Lipinski definition) is 8. The number of ether oxygens (including phenoxy) is 1. The summed E-state index contributed by atoms with van der Waals surface area (Å²) < 4.78 is 6.04. The van der Waals surface area contributed by atoms with Crippen LogP contribution in [0.4, 0.5) is 10.5 Å². The molecule has 0 spiro atoms. The first-order valence-electron chi connectivity index (χ1n) is 12.7. The number of nitrogens with one attached hydrogen (secondary N) is 5. The number of aliphatic hydroxyl groups excluding tert-OH is 2. The van der Waals surface area contributed by atoms with Crippen molar-refractivity contribution in [2.75, 3.05) is 38.2 Å². The van der Waals surface area contributed by atoms with Gasteiger partial charge in [0.25, 0.3) is 0 Å². The van der Waals surface area contributed by atoms with Crippen LogP contribution in [-0.4, -0.2) is 90.9 Å². The molecule has 0 bridgehead atoms. The lowest BCUT2D eigenvalue weighted by Crippen LogP contribution is -2.62. The summed E-state index contributed by atoms with van der Waals surface area (Å²) in [5.74, 6) is 0. The Kier molecular flexibility index (Phi) is 8.63. The third-order valence-electron chi connectivity index (χ3n) is 7.00. The molecule has 2 unspecified atom stereocenters. The molecule has 11 nitrogen and oxygen atoms in total. The fourth-order valence-electron chi connectivity index (χ4n) is 4.85. The van der Waals surface area contributed by atoms with Crippen LogP contribution >= 0.6 is 0 Å². The van der Waals surface area contributed by atoms with Crippen molar-refractivity contribution >= 4 is 11.7 Å². The summed E-state index contributed by atoms with van der Waals surface area (Å²) in [5.41, 5.74) is 9.17. The Morgan fingerprint density at radius 3 is 2.64 bits per heavy atom. The normalized spacial score (nSPS) is 30.7. The molecule has 2 saturated heterocycles. The van der Waals surface area contributed by atoms with E-state index in [1.807, 2.05) is 35.2 Å². The van der Waals surface area contributed by atoms with Crippen LogP contribution in [0.25, 0.3) is 0 Å². The molecule has 2 amide bonds. The molecular weight excluding hydrogens is 462 g/mol. The lowest BCUT2D eigenvalue weighted by atomic mass is 9.87. The summed E-state index contributed by atoms with van der Waals surface area (Å²) in [7, 11) is 0. The molecule has 3 aliphatic rings. The highest BCUT2D eigenvalue weighted by Gasteiger charge is 2.49. The number of anilines is 1. The van der Waals surface area contributed by atoms with E-state index in [0.717, 1.165) is 11.3 Å². The van der Waals surface area contributed by atoms with Crippen molar-refractivity contribution in [1.29, 1.82) is 0 Å². The minimum absolute atomic E-state index is 0.0692. The zero-order chi connectivity index (χ0) is 25.9. The molecule has 4 rings (SSSR count). The van der Waals surface area contributed by atoms with Gasteiger partial charge in [-0.15, -0.1) is 0 Å². The second kappa shape index (κ2) is 11.5. The van der Waals surface area contributed by atoms with Gasteiger partial charge in [0.15, 0.2) is 0 Å². The van der Waals surface area contributed by atoms with E-state index in [-0.39, 0.29) is 23.8 Å². The maximum absolute atomic E-state index is 12.1. The summed E-state index contributed by atoms with van der Waals surface area (Å²) >= 11 is 0. The van der Waals surface area contributed by atoms with Crippen molar-refractivity contribution in [3.63, 3.8) is 0 Å². The van der Waals surface area contributed by atoms with Gasteiger partial charge in [-0.25, -0.2) is 4.79 Å². The fourth-order valence-corrected chi connectivity index (χ4v) is 4.85. The molecule has 0 saturated carbocycles. The molecule has 2 fully saturated rings. The van der Waals surface area contributed by atoms with Crippen LogP contribution in [0.5, 0.6) is 0 Å². The molecule has 0 aromatic heterocycles. The van der Waals surface area contributed by atoms with E-state index >= 15 is 0 Å². The fraction of sp³-hybridized carbons (Fsp3) is 0.640. The Morgan fingerprint density at radius 1 is 1.17 bits per heavy atom. The van der Waals surface area contributed by atoms with E-state index in [4.69, 9.17) is 10.5 Å². The number of carbonyl (C=O) groups is 1. The Hall–Kier alpha value is -2.09. The van der Waals surface area contributed by atoms with Gasteiger partial charge in [-0.1, -0.05) is 39.0 Å². The molecule has 1 aromatic carbocycles. The van der Waals surface area contributed by atoms with E-state index in [0.29, 0.717) is 39.3 Å². The molecule has 1 aromatic rings. The van der Waals surface area contributed by atoms with Gasteiger partial charge in [-0.2, -0.15) is 0 Å². The maximum atomic E-state index is 12.1. The second-order valence-corrected chi connectivity index (χ2v) is 10.7. The van der Waals surface area contributed by atoms with Gasteiger partial charge in [0, 0.05) is 32.0 Å². The highest BCUT2D eigenvalue weighted by Crippen LogP contribution is 2.30. The Morgan fingerprint density at radius 2 is 1.92 bits per heavy atom. The van der Waals surface area contributed by atoms with Gasteiger partial charge in [-0.05, 0) is 41.6 Å². The van der Waals surface area contributed by atoms with E-state index in [2.05, 4.69) is 47.4 Å². The largest absolute Gasteiger partial charge is 0.387 e. The van der Waals surface area contributed by atoms with Crippen molar-refractivity contribution in [3.05, 3.63) is 41.5 Å². The molecule has 9 N–H and O–H groups in total. The van der Waals surface area contributed by atoms with Crippen LogP contribution in [0.15, 0.2) is 35.9 Å². The van der Waals surface area contributed by atoms with E-state index in [1.165, 1.54) is 5.56 Å². The highest BCUT2D eigenvalue weighted by atomic mass is 16.6. The third kappa shape index (κ3) is 6.24. The second-order valence-electron chi connectivity index (χ2n) is 10.7. The molecule has 3 aliphatic heterocycles. The zero-order valence-electron chi connectivity index (χ0n) is 21.3. The number of amides is 2. The monoisotopic (exact) mass is 503 g/mol. The lowest BCUT2D eigenvalue weighted by Gasteiger charge is -2.38. The average molecular weight is 504 g/mol. The molecule has 11 heteroatoms. The van der Waals surface area contributed by atoms with Gasteiger partial charge in [0.2, 0.25) is 0 Å². The highest BCUT2D eigenvalue weighted by molar-refractivity contribution is 5.89. The van der Waals surface area contributed by atoms with E-state index < -0.39 is 24.5 Å². The molecular formula is C25H41N7O4. The van der Waals surface area contributed by atoms with Gasteiger partial charge >= 0.3 is 6.03 Å². The number of urea groups is 1. The smallest absolute Gasteiger partial charge is 0.319 e. The minimum Gasteiger partial charge on any atom is -0.387 e. The summed E-state index contributed by atoms with van der Waals surface area (Å²) in [6, 6.07) is 7.62. The number of rotatable bonds is 8. The van der Waals surface area contributed by atoms with Crippen molar-refractivity contribution in [2.45, 2.75) is 69.5 Å². The first-order valence-corrected chi connectivity index (χ1v) is 12.7. The molecule has 0 radical (unpaired) electrons. The van der Waals surface area contributed by atoms with Gasteiger partial charge < -0.3 is 36.6 Å². The maximum Gasteiger partial charge on any atom is 0.319 e. The molecule has 3 heterocycles.